The number of aliphatic hydroxyl groups is 1. The lowest BCUT2D eigenvalue weighted by Gasteiger charge is -2.52. The van der Waals surface area contributed by atoms with Gasteiger partial charge in [-0.2, -0.15) is 5.26 Å². The molecule has 3 atom stereocenters. The highest BCUT2D eigenvalue weighted by Gasteiger charge is 2.51. The summed E-state index contributed by atoms with van der Waals surface area (Å²) in [5.41, 5.74) is 3.83. The Labute approximate surface area is 167 Å². The Morgan fingerprint density at radius 1 is 1.21 bits per heavy atom. The largest absolute Gasteiger partial charge is 0.394 e. The molecular weight excluding hydrogens is 373 g/mol. The monoisotopic (exact) mass is 393 g/mol. The lowest BCUT2D eigenvalue weighted by molar-refractivity contribution is 0.188. The van der Waals surface area contributed by atoms with E-state index in [4.69, 9.17) is 0 Å². The van der Waals surface area contributed by atoms with Crippen LogP contribution in [0.2, 0.25) is 0 Å². The Kier molecular flexibility index (Phi) is 5.12. The molecule has 1 aromatic heterocycles. The quantitative estimate of drug-likeness (QED) is 0.699. The van der Waals surface area contributed by atoms with Crippen molar-refractivity contribution in [3.8, 4) is 17.2 Å². The number of halogens is 1. The van der Waals surface area contributed by atoms with E-state index in [0.717, 1.165) is 33.9 Å². The van der Waals surface area contributed by atoms with Gasteiger partial charge in [0, 0.05) is 11.3 Å². The molecule has 1 fully saturated rings. The third-order valence-electron chi connectivity index (χ3n) is 5.33. The van der Waals surface area contributed by atoms with E-state index in [2.05, 4.69) is 11.1 Å². The minimum absolute atomic E-state index is 0.0678. The number of benzene rings is 2. The van der Waals surface area contributed by atoms with Gasteiger partial charge in [-0.15, -0.1) is 11.3 Å². The number of hydrogen-bond donors (Lipinski definition) is 1. The van der Waals surface area contributed by atoms with Gasteiger partial charge in [0.15, 0.2) is 5.13 Å². The smallest absolute Gasteiger partial charge is 0.186 e. The predicted molar refractivity (Wildman–Crippen MR) is 109 cm³/mol. The number of nitrogens with zero attached hydrogens (tertiary/aromatic N) is 3. The summed E-state index contributed by atoms with van der Waals surface area (Å²) in [5.74, 6) is -0.431. The van der Waals surface area contributed by atoms with Crippen LogP contribution in [0.5, 0.6) is 0 Å². The normalized spacial score (nSPS) is 21.2. The zero-order chi connectivity index (χ0) is 19.7. The fraction of sp³-hybridized carbons (Fsp3) is 0.273. The van der Waals surface area contributed by atoms with Crippen LogP contribution >= 0.6 is 11.3 Å². The third kappa shape index (κ3) is 3.07. The average molecular weight is 393 g/mol. The molecule has 0 unspecified atom stereocenters. The van der Waals surface area contributed by atoms with Crippen molar-refractivity contribution in [1.29, 1.82) is 5.26 Å². The molecule has 0 bridgehead atoms. The molecule has 2 aromatic carbocycles. The van der Waals surface area contributed by atoms with Gasteiger partial charge >= 0.3 is 0 Å². The van der Waals surface area contributed by atoms with Gasteiger partial charge in [-0.1, -0.05) is 43.3 Å². The van der Waals surface area contributed by atoms with Crippen molar-refractivity contribution in [1.82, 2.24) is 4.98 Å². The second kappa shape index (κ2) is 7.70. The van der Waals surface area contributed by atoms with Crippen molar-refractivity contribution in [2.24, 2.45) is 0 Å². The van der Waals surface area contributed by atoms with Gasteiger partial charge in [-0.3, -0.25) is 0 Å². The molecule has 4 rings (SSSR count). The van der Waals surface area contributed by atoms with E-state index in [9.17, 15) is 14.8 Å². The first-order chi connectivity index (χ1) is 13.7. The second-order valence-corrected chi connectivity index (χ2v) is 7.66. The maximum atomic E-state index is 13.4. The Morgan fingerprint density at radius 2 is 1.96 bits per heavy atom. The summed E-state index contributed by atoms with van der Waals surface area (Å²) in [4.78, 5) is 6.53. The number of nitriles is 1. The Morgan fingerprint density at radius 3 is 2.61 bits per heavy atom. The fourth-order valence-corrected chi connectivity index (χ4v) is 4.90. The second-order valence-electron chi connectivity index (χ2n) is 6.83. The van der Waals surface area contributed by atoms with Crippen LogP contribution in [-0.2, 0) is 6.42 Å². The van der Waals surface area contributed by atoms with Crippen molar-refractivity contribution in [2.75, 3.05) is 11.5 Å². The van der Waals surface area contributed by atoms with Gasteiger partial charge in [-0.25, -0.2) is 9.37 Å². The molecule has 6 heteroatoms. The summed E-state index contributed by atoms with van der Waals surface area (Å²) in [5, 5.41) is 22.8. The van der Waals surface area contributed by atoms with Gasteiger partial charge in [0.25, 0.3) is 0 Å². The minimum atomic E-state index is -0.408. The van der Waals surface area contributed by atoms with Crippen LogP contribution in [0, 0.1) is 17.1 Å². The summed E-state index contributed by atoms with van der Waals surface area (Å²) < 4.78 is 13.4. The number of hydrogen-bond acceptors (Lipinski definition) is 5. The Balaban J connectivity index is 1.73. The zero-order valence-corrected chi connectivity index (χ0v) is 16.2. The third-order valence-corrected chi connectivity index (χ3v) is 6.23. The van der Waals surface area contributed by atoms with Crippen LogP contribution in [0.3, 0.4) is 0 Å². The molecular formula is C22H20FN3OS. The minimum Gasteiger partial charge on any atom is -0.394 e. The summed E-state index contributed by atoms with van der Waals surface area (Å²) in [6.45, 7) is 1.98. The molecule has 0 amide bonds. The van der Waals surface area contributed by atoms with Crippen molar-refractivity contribution in [3.05, 3.63) is 71.0 Å². The lowest BCUT2D eigenvalue weighted by atomic mass is 9.74. The molecule has 142 valence electrons. The molecule has 0 aliphatic carbocycles. The molecule has 4 nitrogen and oxygen atoms in total. The first-order valence-corrected chi connectivity index (χ1v) is 10.1. The van der Waals surface area contributed by atoms with E-state index >= 15 is 0 Å². The van der Waals surface area contributed by atoms with Crippen molar-refractivity contribution in [2.45, 2.75) is 31.3 Å². The van der Waals surface area contributed by atoms with E-state index in [0.29, 0.717) is 0 Å². The number of aliphatic hydroxyl groups excluding tert-OH is 1. The van der Waals surface area contributed by atoms with Crippen LogP contribution in [-0.4, -0.2) is 28.8 Å². The summed E-state index contributed by atoms with van der Waals surface area (Å²) >= 11 is 1.51. The zero-order valence-electron chi connectivity index (χ0n) is 15.4. The van der Waals surface area contributed by atoms with Crippen LogP contribution in [0.25, 0.3) is 11.1 Å². The van der Waals surface area contributed by atoms with Crippen molar-refractivity contribution in [3.63, 3.8) is 0 Å². The molecule has 1 N–H and O–H groups in total. The number of rotatable bonds is 5. The van der Waals surface area contributed by atoms with Gasteiger partial charge in [-0.05, 0) is 35.2 Å². The number of thiazole rings is 1. The van der Waals surface area contributed by atoms with E-state index in [1.54, 1.807) is 12.1 Å². The summed E-state index contributed by atoms with van der Waals surface area (Å²) in [6.07, 6.45) is 0.835. The molecule has 1 aliphatic heterocycles. The van der Waals surface area contributed by atoms with Crippen LogP contribution in [0.1, 0.15) is 24.1 Å². The van der Waals surface area contributed by atoms with Crippen molar-refractivity contribution >= 4 is 16.5 Å². The Bertz CT molecular complexity index is 1010. The maximum absolute atomic E-state index is 13.4. The first-order valence-electron chi connectivity index (χ1n) is 9.26. The average Bonchev–Trinajstić information content (AvgIpc) is 3.17. The van der Waals surface area contributed by atoms with Crippen LogP contribution < -0.4 is 4.90 Å². The SMILES string of the molecule is CCc1csc(N2[C@H](C#N)[C@H](c3ccccc3-c3ccc(F)cc3)[C@H]2CO)n1. The fourth-order valence-electron chi connectivity index (χ4n) is 3.90. The summed E-state index contributed by atoms with van der Waals surface area (Å²) in [6, 6.07) is 16.0. The van der Waals surface area contributed by atoms with Gasteiger partial charge in [0.2, 0.25) is 0 Å². The topological polar surface area (TPSA) is 60.2 Å². The highest BCUT2D eigenvalue weighted by atomic mass is 32.1. The van der Waals surface area contributed by atoms with E-state index in [-0.39, 0.29) is 24.4 Å². The molecule has 3 aromatic rings. The first kappa shape index (κ1) is 18.6. The van der Waals surface area contributed by atoms with E-state index in [1.165, 1.54) is 23.5 Å². The number of aryl methyl sites for hydroxylation is 1. The molecule has 0 saturated carbocycles. The highest BCUT2D eigenvalue weighted by Crippen LogP contribution is 2.46. The maximum Gasteiger partial charge on any atom is 0.186 e. The molecule has 28 heavy (non-hydrogen) atoms. The molecule has 0 radical (unpaired) electrons. The van der Waals surface area contributed by atoms with Crippen LogP contribution in [0.15, 0.2) is 53.9 Å². The van der Waals surface area contributed by atoms with Crippen molar-refractivity contribution < 1.29 is 9.50 Å². The Hall–Kier alpha value is -2.75. The molecule has 1 aliphatic rings. The summed E-state index contributed by atoms with van der Waals surface area (Å²) in [7, 11) is 0. The standard InChI is InChI=1S/C22H20FN3OS/c1-2-16-13-28-22(25-16)26-19(11-24)21(20(26)12-27)18-6-4-3-5-17(18)14-7-9-15(23)10-8-14/h3-10,13,19-21,27H,2,12H2,1H3/t19-,20-,21+/m1/s1. The molecule has 1 saturated heterocycles. The van der Waals surface area contributed by atoms with E-state index < -0.39 is 6.04 Å². The van der Waals surface area contributed by atoms with Gasteiger partial charge in [0.05, 0.1) is 24.4 Å². The molecule has 2 heterocycles. The molecule has 0 spiro atoms. The van der Waals surface area contributed by atoms with Gasteiger partial charge < -0.3 is 10.0 Å². The van der Waals surface area contributed by atoms with Crippen LogP contribution in [0.4, 0.5) is 9.52 Å². The van der Waals surface area contributed by atoms with Gasteiger partial charge in [0.1, 0.15) is 11.9 Å². The lowest BCUT2D eigenvalue weighted by Crippen LogP contribution is -2.63. The highest BCUT2D eigenvalue weighted by molar-refractivity contribution is 7.13. The van der Waals surface area contributed by atoms with E-state index in [1.807, 2.05) is 41.5 Å². The number of aromatic nitrogens is 1. The number of anilines is 1. The predicted octanol–water partition coefficient (Wildman–Crippen LogP) is 4.37.